The van der Waals surface area contributed by atoms with E-state index in [9.17, 15) is 0 Å². The number of aryl methyl sites for hydroxylation is 1. The van der Waals surface area contributed by atoms with Crippen molar-refractivity contribution in [3.63, 3.8) is 0 Å². The zero-order valence-electron chi connectivity index (χ0n) is 13.6. The number of hydrogen-bond acceptors (Lipinski definition) is 3. The van der Waals surface area contributed by atoms with Crippen LogP contribution >= 0.6 is 24.0 Å². The van der Waals surface area contributed by atoms with E-state index in [-0.39, 0.29) is 24.0 Å². The number of guanidine groups is 1. The van der Waals surface area contributed by atoms with Crippen LogP contribution in [-0.2, 0) is 11.3 Å². The molecule has 126 valence electrons. The third-order valence-corrected chi connectivity index (χ3v) is 3.62. The first-order valence-corrected chi connectivity index (χ1v) is 7.84. The summed E-state index contributed by atoms with van der Waals surface area (Å²) in [7, 11) is 2.10. The third kappa shape index (κ3) is 6.51. The summed E-state index contributed by atoms with van der Waals surface area (Å²) in [5, 5.41) is 7.56. The van der Waals surface area contributed by atoms with Crippen molar-refractivity contribution in [3.8, 4) is 0 Å². The van der Waals surface area contributed by atoms with Crippen LogP contribution in [0.1, 0.15) is 19.8 Å². The van der Waals surface area contributed by atoms with Crippen molar-refractivity contribution in [2.45, 2.75) is 26.3 Å². The summed E-state index contributed by atoms with van der Waals surface area (Å²) in [5.74, 6) is 1.62. The fraction of sp³-hybridized carbons (Fsp3) is 0.733. The molecule has 0 aliphatic carbocycles. The first kappa shape index (κ1) is 19.2. The van der Waals surface area contributed by atoms with Gasteiger partial charge in [-0.05, 0) is 25.8 Å². The Morgan fingerprint density at radius 3 is 3.05 bits per heavy atom. The molecule has 7 heteroatoms. The summed E-state index contributed by atoms with van der Waals surface area (Å²) in [6.45, 7) is 7.50. The number of rotatable bonds is 7. The zero-order valence-corrected chi connectivity index (χ0v) is 15.9. The number of aromatic nitrogens is 2. The summed E-state index contributed by atoms with van der Waals surface area (Å²) >= 11 is 0. The second kappa shape index (κ2) is 10.8. The Morgan fingerprint density at radius 1 is 1.55 bits per heavy atom. The van der Waals surface area contributed by atoms with Crippen molar-refractivity contribution in [2.75, 3.05) is 39.9 Å². The van der Waals surface area contributed by atoms with E-state index < -0.39 is 0 Å². The van der Waals surface area contributed by atoms with Gasteiger partial charge in [-0.3, -0.25) is 9.67 Å². The maximum atomic E-state index is 5.44. The molecule has 1 unspecified atom stereocenters. The highest BCUT2D eigenvalue weighted by atomic mass is 127. The average molecular weight is 421 g/mol. The first-order valence-electron chi connectivity index (χ1n) is 7.84. The van der Waals surface area contributed by atoms with Gasteiger partial charge in [-0.25, -0.2) is 0 Å². The normalized spacial score (nSPS) is 18.1. The van der Waals surface area contributed by atoms with Gasteiger partial charge in [0.1, 0.15) is 0 Å². The molecule has 1 aliphatic rings. The van der Waals surface area contributed by atoms with E-state index in [4.69, 9.17) is 9.73 Å². The molecule has 2 heterocycles. The fourth-order valence-corrected chi connectivity index (χ4v) is 2.52. The van der Waals surface area contributed by atoms with Crippen LogP contribution in [0.4, 0.5) is 0 Å². The molecule has 1 N–H and O–H groups in total. The van der Waals surface area contributed by atoms with Crippen molar-refractivity contribution in [3.05, 3.63) is 18.5 Å². The lowest BCUT2D eigenvalue weighted by atomic mass is 10.1. The van der Waals surface area contributed by atoms with Crippen LogP contribution in [0.15, 0.2) is 23.5 Å². The van der Waals surface area contributed by atoms with Crippen LogP contribution in [0.5, 0.6) is 0 Å². The van der Waals surface area contributed by atoms with Crippen LogP contribution in [0.2, 0.25) is 0 Å². The Morgan fingerprint density at radius 2 is 2.41 bits per heavy atom. The van der Waals surface area contributed by atoms with Crippen molar-refractivity contribution >= 4 is 29.9 Å². The Bertz CT molecular complexity index is 418. The number of hydrogen-bond donors (Lipinski definition) is 1. The van der Waals surface area contributed by atoms with Gasteiger partial charge in [-0.1, -0.05) is 0 Å². The summed E-state index contributed by atoms with van der Waals surface area (Å²) in [4.78, 5) is 6.92. The molecule has 1 aliphatic heterocycles. The molecule has 0 spiro atoms. The molecule has 0 aromatic carbocycles. The minimum atomic E-state index is 0. The summed E-state index contributed by atoms with van der Waals surface area (Å²) < 4.78 is 7.39. The molecule has 0 bridgehead atoms. The molecule has 0 radical (unpaired) electrons. The summed E-state index contributed by atoms with van der Waals surface area (Å²) in [6.07, 6.45) is 5.95. The molecule has 2 rings (SSSR count). The van der Waals surface area contributed by atoms with E-state index in [1.54, 1.807) is 0 Å². The Labute approximate surface area is 150 Å². The van der Waals surface area contributed by atoms with Gasteiger partial charge in [0.15, 0.2) is 5.96 Å². The lowest BCUT2D eigenvalue weighted by Gasteiger charge is -2.24. The van der Waals surface area contributed by atoms with E-state index in [1.807, 2.05) is 23.1 Å². The number of aliphatic imine (C=N–C) groups is 1. The molecule has 1 atom stereocenters. The molecular weight excluding hydrogens is 393 g/mol. The van der Waals surface area contributed by atoms with Crippen molar-refractivity contribution in [1.82, 2.24) is 20.0 Å². The number of halogens is 1. The molecule has 1 saturated heterocycles. The first-order chi connectivity index (χ1) is 10.3. The molecule has 22 heavy (non-hydrogen) atoms. The van der Waals surface area contributed by atoms with Gasteiger partial charge in [0, 0.05) is 58.1 Å². The topological polar surface area (TPSA) is 54.7 Å². The summed E-state index contributed by atoms with van der Waals surface area (Å²) in [6, 6.07) is 1.95. The average Bonchev–Trinajstić information content (AvgIpc) is 3.15. The van der Waals surface area contributed by atoms with E-state index >= 15 is 0 Å². The Hall–Kier alpha value is -0.830. The van der Waals surface area contributed by atoms with Gasteiger partial charge in [-0.15, -0.1) is 24.0 Å². The highest BCUT2D eigenvalue weighted by Crippen LogP contribution is 2.13. The van der Waals surface area contributed by atoms with E-state index in [1.165, 1.54) is 0 Å². The van der Waals surface area contributed by atoms with Gasteiger partial charge in [-0.2, -0.15) is 5.10 Å². The van der Waals surface area contributed by atoms with Crippen molar-refractivity contribution < 1.29 is 4.74 Å². The Kier molecular flexibility index (Phi) is 9.45. The predicted molar refractivity (Wildman–Crippen MR) is 99.8 cm³/mol. The maximum Gasteiger partial charge on any atom is 0.193 e. The maximum absolute atomic E-state index is 5.44. The van der Waals surface area contributed by atoms with E-state index in [0.29, 0.717) is 5.92 Å². The third-order valence-electron chi connectivity index (χ3n) is 3.62. The largest absolute Gasteiger partial charge is 0.381 e. The van der Waals surface area contributed by atoms with Gasteiger partial charge in [0.25, 0.3) is 0 Å². The van der Waals surface area contributed by atoms with Crippen LogP contribution in [0.25, 0.3) is 0 Å². The molecule has 0 amide bonds. The van der Waals surface area contributed by atoms with Crippen LogP contribution in [0, 0.1) is 5.92 Å². The highest BCUT2D eigenvalue weighted by Gasteiger charge is 2.18. The van der Waals surface area contributed by atoms with Crippen molar-refractivity contribution in [2.24, 2.45) is 10.9 Å². The summed E-state index contributed by atoms with van der Waals surface area (Å²) in [5.41, 5.74) is 0. The van der Waals surface area contributed by atoms with Gasteiger partial charge < -0.3 is 15.0 Å². The second-order valence-corrected chi connectivity index (χ2v) is 5.47. The highest BCUT2D eigenvalue weighted by molar-refractivity contribution is 14.0. The smallest absolute Gasteiger partial charge is 0.193 e. The van der Waals surface area contributed by atoms with Crippen LogP contribution < -0.4 is 5.32 Å². The lowest BCUT2D eigenvalue weighted by molar-refractivity contribution is 0.181. The standard InChI is InChI=1S/C15H27N5O.HI/c1-3-16-15(19(2)12-14-6-11-21-13-14)17-7-4-9-20-10-5-8-18-20;/h5,8,10,14H,3-4,6-7,9,11-13H2,1-2H3,(H,16,17);1H. The molecule has 6 nitrogen and oxygen atoms in total. The number of nitrogens with zero attached hydrogens (tertiary/aromatic N) is 4. The minimum absolute atomic E-state index is 0. The van der Waals surface area contributed by atoms with Gasteiger partial charge in [0.05, 0.1) is 6.61 Å². The van der Waals surface area contributed by atoms with Gasteiger partial charge >= 0.3 is 0 Å². The molecule has 1 aromatic rings. The quantitative estimate of drug-likeness (QED) is 0.316. The Balaban J connectivity index is 0.00000242. The minimum Gasteiger partial charge on any atom is -0.381 e. The van der Waals surface area contributed by atoms with E-state index in [0.717, 1.165) is 58.2 Å². The number of ether oxygens (including phenoxy) is 1. The second-order valence-electron chi connectivity index (χ2n) is 5.47. The lowest BCUT2D eigenvalue weighted by Crippen LogP contribution is -2.41. The molecular formula is C15H28IN5O. The monoisotopic (exact) mass is 421 g/mol. The zero-order chi connectivity index (χ0) is 14.9. The predicted octanol–water partition coefficient (Wildman–Crippen LogP) is 1.82. The van der Waals surface area contributed by atoms with Crippen LogP contribution in [0.3, 0.4) is 0 Å². The molecule has 1 aromatic heterocycles. The van der Waals surface area contributed by atoms with Crippen molar-refractivity contribution in [1.29, 1.82) is 0 Å². The number of nitrogens with one attached hydrogen (secondary N) is 1. The van der Waals surface area contributed by atoms with Crippen LogP contribution in [-0.4, -0.2) is 60.5 Å². The molecule has 0 saturated carbocycles. The van der Waals surface area contributed by atoms with E-state index in [2.05, 4.69) is 29.3 Å². The fourth-order valence-electron chi connectivity index (χ4n) is 2.52. The molecule has 1 fully saturated rings. The SMILES string of the molecule is CCNC(=NCCCn1cccn1)N(C)CC1CCOC1.I. The van der Waals surface area contributed by atoms with Gasteiger partial charge in [0.2, 0.25) is 0 Å².